The molecule has 20 heavy (non-hydrogen) atoms. The summed E-state index contributed by atoms with van der Waals surface area (Å²) < 4.78 is 0. The van der Waals surface area contributed by atoms with Gasteiger partial charge < -0.3 is 0 Å². The first-order valence-corrected chi connectivity index (χ1v) is 8.89. The van der Waals surface area contributed by atoms with Crippen molar-refractivity contribution in [3.05, 3.63) is 18.6 Å². The van der Waals surface area contributed by atoms with Gasteiger partial charge in [0, 0.05) is 0 Å². The third-order valence-electron chi connectivity index (χ3n) is 7.23. The minimum atomic E-state index is 0.309. The number of hydrogen-bond donors (Lipinski definition) is 0. The lowest BCUT2D eigenvalue weighted by Gasteiger charge is -2.58. The molecule has 113 valence electrons. The average Bonchev–Trinajstić information content (AvgIpc) is 2.37. The van der Waals surface area contributed by atoms with E-state index in [0.29, 0.717) is 10.8 Å². The highest BCUT2D eigenvalue weighted by Gasteiger charge is 2.53. The van der Waals surface area contributed by atoms with Crippen molar-refractivity contribution < 1.29 is 0 Å². The fourth-order valence-corrected chi connectivity index (χ4v) is 5.92. The normalized spacial score (nSPS) is 43.7. The van der Waals surface area contributed by atoms with Gasteiger partial charge in [-0.15, -0.1) is 0 Å². The lowest BCUT2D eigenvalue weighted by atomic mass is 9.46. The van der Waals surface area contributed by atoms with Crippen LogP contribution in [0.2, 0.25) is 0 Å². The van der Waals surface area contributed by atoms with Gasteiger partial charge in [0.05, 0.1) is 0 Å². The maximum Gasteiger partial charge on any atom is -0.0146 e. The topological polar surface area (TPSA) is 0 Å². The summed E-state index contributed by atoms with van der Waals surface area (Å²) in [5, 5.41) is 0. The Balaban J connectivity index is 1.88. The van der Waals surface area contributed by atoms with Crippen molar-refractivity contribution >= 4 is 0 Å². The molecule has 2 fully saturated rings. The van der Waals surface area contributed by atoms with E-state index in [-0.39, 0.29) is 0 Å². The molecule has 0 bridgehead atoms. The highest BCUT2D eigenvalue weighted by atomic mass is 14.6. The van der Waals surface area contributed by atoms with Gasteiger partial charge in [-0.2, -0.15) is 0 Å². The Morgan fingerprint density at radius 1 is 1.20 bits per heavy atom. The van der Waals surface area contributed by atoms with Crippen LogP contribution in [0.15, 0.2) is 11.6 Å². The summed E-state index contributed by atoms with van der Waals surface area (Å²) in [5.74, 6) is 3.48. The van der Waals surface area contributed by atoms with Gasteiger partial charge >= 0.3 is 0 Å². The molecule has 0 nitrogen and oxygen atoms in total. The molecule has 0 saturated heterocycles. The number of fused-ring (bicyclic) bond motifs is 3. The molecule has 2 saturated carbocycles. The van der Waals surface area contributed by atoms with Crippen LogP contribution in [0, 0.1) is 41.4 Å². The van der Waals surface area contributed by atoms with Crippen LogP contribution in [0.3, 0.4) is 0 Å². The van der Waals surface area contributed by atoms with Crippen molar-refractivity contribution in [3.63, 3.8) is 0 Å². The lowest BCUT2D eigenvalue weighted by Crippen LogP contribution is -2.49. The summed E-state index contributed by atoms with van der Waals surface area (Å²) in [5.41, 5.74) is 2.68. The molecular formula is C20H33. The maximum absolute atomic E-state index is 4.61. The minimum absolute atomic E-state index is 0.309. The third-order valence-corrected chi connectivity index (χ3v) is 7.23. The predicted octanol–water partition coefficient (Wildman–Crippen LogP) is 6.04. The Morgan fingerprint density at radius 3 is 2.65 bits per heavy atom. The van der Waals surface area contributed by atoms with E-state index in [1.807, 2.05) is 5.57 Å². The molecule has 0 aromatic rings. The molecule has 0 aromatic carbocycles. The molecule has 3 aliphatic rings. The fourth-order valence-electron chi connectivity index (χ4n) is 5.92. The van der Waals surface area contributed by atoms with E-state index in [1.54, 1.807) is 0 Å². The minimum Gasteiger partial charge on any atom is -0.0847 e. The standard InChI is InChI=1S/C20H33/c1-14(2)15-7-9-17-16(13-15)8-10-18-19(3,4)11-6-12-20(17,18)5/h8,14-15,17-18H,3,6-7,9-13H2,1-2,4-5H3/t15?,17-,18?,19-,20-/m1/s1. The van der Waals surface area contributed by atoms with Gasteiger partial charge in [0.2, 0.25) is 0 Å². The first-order valence-electron chi connectivity index (χ1n) is 8.89. The van der Waals surface area contributed by atoms with Crippen LogP contribution in [0.25, 0.3) is 0 Å². The summed E-state index contributed by atoms with van der Waals surface area (Å²) in [6, 6.07) is 0. The summed E-state index contributed by atoms with van der Waals surface area (Å²) in [4.78, 5) is 0. The largest absolute Gasteiger partial charge is 0.0847 e. The molecule has 3 aliphatic carbocycles. The number of hydrogen-bond acceptors (Lipinski definition) is 0. The van der Waals surface area contributed by atoms with E-state index in [2.05, 4.69) is 40.7 Å². The molecule has 0 amide bonds. The summed E-state index contributed by atoms with van der Waals surface area (Å²) in [6.07, 6.45) is 12.4. The predicted molar refractivity (Wildman–Crippen MR) is 87.3 cm³/mol. The van der Waals surface area contributed by atoms with Crippen molar-refractivity contribution in [2.24, 2.45) is 34.5 Å². The average molecular weight is 273 g/mol. The zero-order valence-corrected chi connectivity index (χ0v) is 14.0. The monoisotopic (exact) mass is 273 g/mol. The molecule has 5 atom stereocenters. The van der Waals surface area contributed by atoms with E-state index in [4.69, 9.17) is 0 Å². The molecule has 0 N–H and O–H groups in total. The lowest BCUT2D eigenvalue weighted by molar-refractivity contribution is -0.0357. The van der Waals surface area contributed by atoms with Gasteiger partial charge in [0.1, 0.15) is 0 Å². The number of allylic oxidation sites excluding steroid dienone is 2. The molecule has 0 heterocycles. The van der Waals surface area contributed by atoms with Crippen molar-refractivity contribution in [3.8, 4) is 0 Å². The van der Waals surface area contributed by atoms with Gasteiger partial charge in [-0.05, 0) is 80.0 Å². The Bertz CT molecular complexity index is 400. The molecule has 2 unspecified atom stereocenters. The van der Waals surface area contributed by atoms with Crippen molar-refractivity contribution in [1.29, 1.82) is 0 Å². The Labute approximate surface area is 126 Å². The second-order valence-corrected chi connectivity index (χ2v) is 8.92. The van der Waals surface area contributed by atoms with Crippen LogP contribution in [0.4, 0.5) is 0 Å². The van der Waals surface area contributed by atoms with Crippen LogP contribution in [-0.2, 0) is 0 Å². The smallest absolute Gasteiger partial charge is 0.0146 e. The summed E-state index contributed by atoms with van der Waals surface area (Å²) in [6.45, 7) is 14.5. The Hall–Kier alpha value is -0.260. The second kappa shape index (κ2) is 4.89. The first-order chi connectivity index (χ1) is 9.34. The van der Waals surface area contributed by atoms with Gasteiger partial charge in [-0.1, -0.05) is 45.8 Å². The second-order valence-electron chi connectivity index (χ2n) is 8.92. The van der Waals surface area contributed by atoms with Gasteiger partial charge in [-0.25, -0.2) is 0 Å². The van der Waals surface area contributed by atoms with E-state index < -0.39 is 0 Å². The van der Waals surface area contributed by atoms with Crippen LogP contribution < -0.4 is 0 Å². The van der Waals surface area contributed by atoms with Crippen LogP contribution in [0.1, 0.15) is 72.6 Å². The van der Waals surface area contributed by atoms with Crippen molar-refractivity contribution in [2.45, 2.75) is 72.6 Å². The Morgan fingerprint density at radius 2 is 1.95 bits per heavy atom. The van der Waals surface area contributed by atoms with E-state index in [1.165, 1.54) is 44.9 Å². The molecule has 1 radical (unpaired) electrons. The molecule has 0 heteroatoms. The Kier molecular flexibility index (Phi) is 3.58. The zero-order valence-electron chi connectivity index (χ0n) is 14.0. The van der Waals surface area contributed by atoms with E-state index in [9.17, 15) is 0 Å². The van der Waals surface area contributed by atoms with Gasteiger partial charge in [-0.3, -0.25) is 0 Å². The van der Waals surface area contributed by atoms with Crippen molar-refractivity contribution in [1.82, 2.24) is 0 Å². The first kappa shape index (κ1) is 14.7. The van der Waals surface area contributed by atoms with Crippen LogP contribution in [-0.4, -0.2) is 0 Å². The SMILES string of the molecule is [CH2][C@@]1(C)CCC[C@@]2(C)C1CC=C1CC(C(C)C)CC[C@H]12. The third kappa shape index (κ3) is 2.18. The highest BCUT2D eigenvalue weighted by molar-refractivity contribution is 5.22. The van der Waals surface area contributed by atoms with E-state index >= 15 is 0 Å². The highest BCUT2D eigenvalue weighted by Crippen LogP contribution is 2.62. The van der Waals surface area contributed by atoms with E-state index in [0.717, 1.165) is 23.7 Å². The van der Waals surface area contributed by atoms with Crippen LogP contribution in [0.5, 0.6) is 0 Å². The molecule has 0 aromatic heterocycles. The van der Waals surface area contributed by atoms with Gasteiger partial charge in [0.25, 0.3) is 0 Å². The molecule has 0 aliphatic heterocycles. The number of rotatable bonds is 1. The van der Waals surface area contributed by atoms with Gasteiger partial charge in [0.15, 0.2) is 0 Å². The van der Waals surface area contributed by atoms with Crippen LogP contribution >= 0.6 is 0 Å². The molecule has 3 rings (SSSR count). The fraction of sp³-hybridized carbons (Fsp3) is 0.850. The summed E-state index contributed by atoms with van der Waals surface area (Å²) in [7, 11) is 0. The summed E-state index contributed by atoms with van der Waals surface area (Å²) >= 11 is 0. The molecule has 0 spiro atoms. The maximum atomic E-state index is 4.61. The zero-order chi connectivity index (χ0) is 14.5. The molecular weight excluding hydrogens is 240 g/mol. The quantitative estimate of drug-likeness (QED) is 0.511. The van der Waals surface area contributed by atoms with Crippen molar-refractivity contribution in [2.75, 3.05) is 0 Å².